The number of halogens is 3. The molecule has 58 valence electrons. The molecule has 0 aromatic carbocycles. The Balaban J connectivity index is 3.50. The number of rotatable bonds is 2. The van der Waals surface area contributed by atoms with Gasteiger partial charge in [-0.25, -0.2) is 0 Å². The van der Waals surface area contributed by atoms with Crippen molar-refractivity contribution >= 4 is 15.9 Å². The fourth-order valence-electron chi connectivity index (χ4n) is 0.428. The van der Waals surface area contributed by atoms with Gasteiger partial charge in [-0.05, 0) is 12.3 Å². The van der Waals surface area contributed by atoms with Crippen molar-refractivity contribution in [2.45, 2.75) is 31.0 Å². The van der Waals surface area contributed by atoms with Crippen LogP contribution in [0.2, 0.25) is 0 Å². The lowest BCUT2D eigenvalue weighted by Gasteiger charge is -1.93. The Hall–Kier alpha value is -0.100. The molecule has 0 nitrogen and oxygen atoms in total. The molecule has 0 spiro atoms. The van der Waals surface area contributed by atoms with Gasteiger partial charge in [-0.1, -0.05) is 19.3 Å². The zero-order valence-electron chi connectivity index (χ0n) is 5.76. The van der Waals surface area contributed by atoms with E-state index in [2.05, 4.69) is 21.9 Å². The summed E-state index contributed by atoms with van der Waals surface area (Å²) in [6, 6.07) is 0. The molecule has 0 saturated heterocycles. The molecular weight excluding hydrogens is 202 g/mol. The third-order valence-corrected chi connectivity index (χ3v) is 1.08. The van der Waals surface area contributed by atoms with Crippen molar-refractivity contribution in [2.24, 2.45) is 0 Å². The summed E-state index contributed by atoms with van der Waals surface area (Å²) >= 11 is 2.12. The summed E-state index contributed by atoms with van der Waals surface area (Å²) < 4.78 is 23.8. The standard InChI is InChI=1S/C7H9BrF2/c1-2-3-4-5-6-7(8,9)10/h2-4H2,1H3. The van der Waals surface area contributed by atoms with Crippen LogP contribution in [0, 0.1) is 11.8 Å². The Morgan fingerprint density at radius 3 is 2.50 bits per heavy atom. The molecule has 0 aliphatic rings. The molecule has 3 heteroatoms. The quantitative estimate of drug-likeness (QED) is 0.374. The molecule has 0 atom stereocenters. The van der Waals surface area contributed by atoms with Crippen LogP contribution >= 0.6 is 15.9 Å². The highest BCUT2D eigenvalue weighted by Crippen LogP contribution is 2.19. The highest BCUT2D eigenvalue weighted by Gasteiger charge is 2.18. The first-order chi connectivity index (χ1) is 4.56. The highest BCUT2D eigenvalue weighted by atomic mass is 79.9. The van der Waals surface area contributed by atoms with Gasteiger partial charge in [0.05, 0.1) is 0 Å². The summed E-state index contributed by atoms with van der Waals surface area (Å²) in [6.07, 6.45) is 2.43. The van der Waals surface area contributed by atoms with Crippen LogP contribution in [0.3, 0.4) is 0 Å². The van der Waals surface area contributed by atoms with E-state index in [1.165, 1.54) is 0 Å². The van der Waals surface area contributed by atoms with Gasteiger partial charge in [0.1, 0.15) is 0 Å². The lowest BCUT2D eigenvalue weighted by Crippen LogP contribution is -1.97. The number of hydrogen-bond donors (Lipinski definition) is 0. The fraction of sp³-hybridized carbons (Fsp3) is 0.714. The second-order valence-corrected chi connectivity index (χ2v) is 2.90. The molecule has 0 heterocycles. The molecule has 0 aromatic rings. The molecule has 0 saturated carbocycles. The van der Waals surface area contributed by atoms with E-state index >= 15 is 0 Å². The fourth-order valence-corrected chi connectivity index (χ4v) is 0.568. The minimum Gasteiger partial charge on any atom is -0.180 e. The van der Waals surface area contributed by atoms with Crippen LogP contribution in [0.1, 0.15) is 26.2 Å². The maximum absolute atomic E-state index is 11.9. The monoisotopic (exact) mass is 210 g/mol. The summed E-state index contributed by atoms with van der Waals surface area (Å²) in [5, 5.41) is 0. The lowest BCUT2D eigenvalue weighted by atomic mass is 10.2. The van der Waals surface area contributed by atoms with Crippen molar-refractivity contribution < 1.29 is 8.78 Å². The Morgan fingerprint density at radius 2 is 2.10 bits per heavy atom. The molecule has 0 bridgehead atoms. The molecular formula is C7H9BrF2. The predicted molar refractivity (Wildman–Crippen MR) is 41.2 cm³/mol. The minimum absolute atomic E-state index is 0.553. The van der Waals surface area contributed by atoms with E-state index in [1.807, 2.05) is 6.92 Å². The van der Waals surface area contributed by atoms with E-state index in [9.17, 15) is 8.78 Å². The molecule has 0 radical (unpaired) electrons. The highest BCUT2D eigenvalue weighted by molar-refractivity contribution is 9.10. The maximum atomic E-state index is 11.9. The second kappa shape index (κ2) is 4.68. The van der Waals surface area contributed by atoms with Crippen molar-refractivity contribution in [3.8, 4) is 11.8 Å². The van der Waals surface area contributed by atoms with Crippen molar-refractivity contribution in [1.82, 2.24) is 0 Å². The van der Waals surface area contributed by atoms with Crippen LogP contribution in [0.5, 0.6) is 0 Å². The first-order valence-electron chi connectivity index (χ1n) is 3.13. The molecule has 0 aromatic heterocycles. The Labute approximate surface area is 68.1 Å². The molecule has 0 unspecified atom stereocenters. The van der Waals surface area contributed by atoms with E-state index in [0.717, 1.165) is 12.8 Å². The Kier molecular flexibility index (Phi) is 4.63. The van der Waals surface area contributed by atoms with Gasteiger partial charge >= 0.3 is 4.83 Å². The summed E-state index contributed by atoms with van der Waals surface area (Å²) in [5.41, 5.74) is 0. The first-order valence-corrected chi connectivity index (χ1v) is 3.92. The predicted octanol–water partition coefficient (Wildman–Crippen LogP) is 3.17. The van der Waals surface area contributed by atoms with Crippen LogP contribution in [-0.4, -0.2) is 4.83 Å². The molecule has 0 rings (SSSR count). The first kappa shape index (κ1) is 9.90. The van der Waals surface area contributed by atoms with Crippen LogP contribution in [-0.2, 0) is 0 Å². The van der Waals surface area contributed by atoms with Gasteiger partial charge in [-0.3, -0.25) is 0 Å². The summed E-state index contributed by atoms with van der Waals surface area (Å²) in [5.74, 6) is 4.17. The molecule has 0 aliphatic carbocycles. The van der Waals surface area contributed by atoms with Gasteiger partial charge in [0.2, 0.25) is 0 Å². The molecule has 0 aliphatic heterocycles. The van der Waals surface area contributed by atoms with E-state index in [0.29, 0.717) is 6.42 Å². The van der Waals surface area contributed by atoms with E-state index in [1.54, 1.807) is 5.92 Å². The van der Waals surface area contributed by atoms with Crippen LogP contribution in [0.15, 0.2) is 0 Å². The summed E-state index contributed by atoms with van der Waals surface area (Å²) in [6.45, 7) is 1.99. The smallest absolute Gasteiger partial charge is 0.180 e. The Bertz CT molecular complexity index is 138. The lowest BCUT2D eigenvalue weighted by molar-refractivity contribution is 0.182. The molecule has 0 fully saturated rings. The van der Waals surface area contributed by atoms with Crippen molar-refractivity contribution in [3.05, 3.63) is 0 Å². The normalized spacial score (nSPS) is 10.4. The average molecular weight is 211 g/mol. The topological polar surface area (TPSA) is 0 Å². The molecule has 0 N–H and O–H groups in total. The van der Waals surface area contributed by atoms with E-state index in [-0.39, 0.29) is 0 Å². The maximum Gasteiger partial charge on any atom is 0.363 e. The zero-order valence-corrected chi connectivity index (χ0v) is 7.34. The van der Waals surface area contributed by atoms with Crippen molar-refractivity contribution in [2.75, 3.05) is 0 Å². The Morgan fingerprint density at radius 1 is 1.50 bits per heavy atom. The molecule has 10 heavy (non-hydrogen) atoms. The van der Waals surface area contributed by atoms with Gasteiger partial charge in [0.15, 0.2) is 0 Å². The largest absolute Gasteiger partial charge is 0.363 e. The van der Waals surface area contributed by atoms with E-state index < -0.39 is 4.83 Å². The summed E-state index contributed by atoms with van der Waals surface area (Å²) in [4.78, 5) is -3.00. The van der Waals surface area contributed by atoms with Crippen LogP contribution < -0.4 is 0 Å². The van der Waals surface area contributed by atoms with Crippen LogP contribution in [0.4, 0.5) is 8.78 Å². The summed E-state index contributed by atoms with van der Waals surface area (Å²) in [7, 11) is 0. The number of hydrogen-bond acceptors (Lipinski definition) is 0. The number of unbranched alkanes of at least 4 members (excludes halogenated alkanes) is 2. The second-order valence-electron chi connectivity index (χ2n) is 1.90. The molecule has 0 amide bonds. The van der Waals surface area contributed by atoms with Gasteiger partial charge < -0.3 is 0 Å². The van der Waals surface area contributed by atoms with Gasteiger partial charge in [-0.15, -0.1) is 0 Å². The third kappa shape index (κ3) is 7.90. The minimum atomic E-state index is -3.00. The van der Waals surface area contributed by atoms with Gasteiger partial charge in [0, 0.05) is 22.4 Å². The average Bonchev–Trinajstić information content (AvgIpc) is 1.78. The third-order valence-electron chi connectivity index (χ3n) is 0.885. The number of alkyl halides is 3. The van der Waals surface area contributed by atoms with Gasteiger partial charge in [0.25, 0.3) is 0 Å². The van der Waals surface area contributed by atoms with Crippen LogP contribution in [0.25, 0.3) is 0 Å². The van der Waals surface area contributed by atoms with Crippen molar-refractivity contribution in [1.29, 1.82) is 0 Å². The SMILES string of the molecule is CCCCC#CC(F)(F)Br. The van der Waals surface area contributed by atoms with E-state index in [4.69, 9.17) is 0 Å². The zero-order chi connectivity index (χ0) is 8.04. The van der Waals surface area contributed by atoms with Crippen molar-refractivity contribution in [3.63, 3.8) is 0 Å². The van der Waals surface area contributed by atoms with Gasteiger partial charge in [-0.2, -0.15) is 8.78 Å².